The van der Waals surface area contributed by atoms with Gasteiger partial charge < -0.3 is 23.9 Å². The number of amides is 1. The first-order valence-electron chi connectivity index (χ1n) is 12.9. The summed E-state index contributed by atoms with van der Waals surface area (Å²) in [6.45, 7) is 6.80. The molecule has 39 heavy (non-hydrogen) atoms. The number of ether oxygens (including phenoxy) is 1. The van der Waals surface area contributed by atoms with Crippen LogP contribution in [0.25, 0.3) is 17.0 Å². The fourth-order valence-electron chi connectivity index (χ4n) is 5.00. The Balaban J connectivity index is 1.39. The molecule has 3 aromatic heterocycles. The molecule has 2 saturated heterocycles. The van der Waals surface area contributed by atoms with Gasteiger partial charge in [-0.25, -0.2) is 13.8 Å². The third-order valence-corrected chi connectivity index (χ3v) is 7.30. The van der Waals surface area contributed by atoms with Gasteiger partial charge in [0.1, 0.15) is 0 Å². The summed E-state index contributed by atoms with van der Waals surface area (Å²) in [5, 5.41) is 0. The summed E-state index contributed by atoms with van der Waals surface area (Å²) >= 11 is 0. The van der Waals surface area contributed by atoms with Gasteiger partial charge in [0.05, 0.1) is 36.0 Å². The van der Waals surface area contributed by atoms with E-state index in [9.17, 15) is 13.6 Å². The Bertz CT molecular complexity index is 1470. The largest absolute Gasteiger partial charge is 0.459 e. The van der Waals surface area contributed by atoms with Crippen molar-refractivity contribution in [2.45, 2.75) is 32.4 Å². The van der Waals surface area contributed by atoms with Crippen LogP contribution in [0.15, 0.2) is 47.1 Å². The van der Waals surface area contributed by atoms with Crippen molar-refractivity contribution in [3.05, 3.63) is 54.2 Å². The third-order valence-electron chi connectivity index (χ3n) is 7.30. The number of morpholine rings is 1. The molecular weight excluding hydrogens is 510 g/mol. The van der Waals surface area contributed by atoms with Gasteiger partial charge in [-0.2, -0.15) is 15.0 Å². The molecule has 5 heterocycles. The second kappa shape index (κ2) is 10.2. The van der Waals surface area contributed by atoms with E-state index in [1.165, 1.54) is 10.8 Å². The van der Waals surface area contributed by atoms with Crippen LogP contribution in [0.1, 0.15) is 36.7 Å². The summed E-state index contributed by atoms with van der Waals surface area (Å²) in [7, 11) is 0. The molecule has 6 rings (SSSR count). The van der Waals surface area contributed by atoms with Crippen molar-refractivity contribution < 1.29 is 22.7 Å². The van der Waals surface area contributed by atoms with Crippen molar-refractivity contribution in [1.82, 2.24) is 29.4 Å². The molecule has 1 amide bonds. The third kappa shape index (κ3) is 4.67. The van der Waals surface area contributed by atoms with E-state index in [2.05, 4.69) is 15.0 Å². The van der Waals surface area contributed by atoms with Crippen LogP contribution in [-0.2, 0) is 4.74 Å². The van der Waals surface area contributed by atoms with Gasteiger partial charge in [-0.05, 0) is 38.1 Å². The Morgan fingerprint density at radius 3 is 2.41 bits per heavy atom. The fourth-order valence-corrected chi connectivity index (χ4v) is 5.00. The number of aromatic nitrogens is 5. The zero-order chi connectivity index (χ0) is 27.1. The van der Waals surface area contributed by atoms with Crippen molar-refractivity contribution >= 4 is 28.8 Å². The zero-order valence-corrected chi connectivity index (χ0v) is 21.6. The number of anilines is 2. The molecule has 0 aliphatic carbocycles. The van der Waals surface area contributed by atoms with E-state index in [0.717, 1.165) is 0 Å². The van der Waals surface area contributed by atoms with Gasteiger partial charge in [0.25, 0.3) is 12.3 Å². The van der Waals surface area contributed by atoms with Crippen LogP contribution in [-0.4, -0.2) is 86.8 Å². The Hall–Kier alpha value is -4.13. The number of imidazole rings is 1. The van der Waals surface area contributed by atoms with Crippen LogP contribution in [0.4, 0.5) is 20.7 Å². The lowest BCUT2D eigenvalue weighted by Gasteiger charge is -2.38. The van der Waals surface area contributed by atoms with Gasteiger partial charge in [-0.3, -0.25) is 9.36 Å². The second-order valence-electron chi connectivity index (χ2n) is 9.60. The topological polar surface area (TPSA) is 106 Å². The Morgan fingerprint density at radius 2 is 1.67 bits per heavy atom. The lowest BCUT2D eigenvalue weighted by Crippen LogP contribution is -2.50. The van der Waals surface area contributed by atoms with Crippen LogP contribution in [0.2, 0.25) is 0 Å². The van der Waals surface area contributed by atoms with Gasteiger partial charge in [0, 0.05) is 32.7 Å². The van der Waals surface area contributed by atoms with E-state index in [1.54, 1.807) is 41.3 Å². The van der Waals surface area contributed by atoms with E-state index >= 15 is 0 Å². The van der Waals surface area contributed by atoms with E-state index in [4.69, 9.17) is 14.1 Å². The number of hydrogen-bond donors (Lipinski definition) is 0. The van der Waals surface area contributed by atoms with Crippen LogP contribution >= 0.6 is 0 Å². The summed E-state index contributed by atoms with van der Waals surface area (Å²) in [5.41, 5.74) is 0.905. The molecule has 0 unspecified atom stereocenters. The minimum Gasteiger partial charge on any atom is -0.459 e. The fraction of sp³-hybridized carbons (Fsp3) is 0.423. The summed E-state index contributed by atoms with van der Waals surface area (Å²) in [4.78, 5) is 36.7. The molecule has 13 heteroatoms. The van der Waals surface area contributed by atoms with Gasteiger partial charge in [-0.1, -0.05) is 12.1 Å². The highest BCUT2D eigenvalue weighted by Gasteiger charge is 2.31. The maximum absolute atomic E-state index is 14.2. The number of fused-ring (bicyclic) bond motifs is 1. The van der Waals surface area contributed by atoms with Gasteiger partial charge in [0.2, 0.25) is 17.8 Å². The van der Waals surface area contributed by atoms with E-state index < -0.39 is 12.2 Å². The van der Waals surface area contributed by atoms with Gasteiger partial charge >= 0.3 is 0 Å². The standard InChI is InChI=1S/C26H28F2N8O3/c1-16-17(2)38-15-13-35(16)25-30-24(34-11-9-33(10-12-34)23(37)20-8-5-14-39-20)31-26(32-25)36-19-7-4-3-6-18(19)29-22(36)21(27)28/h3-8,14,16-17,21H,9-13,15H2,1-2H3/t16-,17-/m1/s1. The molecule has 0 spiro atoms. The van der Waals surface area contributed by atoms with Crippen LogP contribution in [0.3, 0.4) is 0 Å². The monoisotopic (exact) mass is 538 g/mol. The molecule has 2 aliphatic heterocycles. The first kappa shape index (κ1) is 25.2. The summed E-state index contributed by atoms with van der Waals surface area (Å²) in [5.74, 6) is 0.472. The number of rotatable bonds is 5. The molecule has 4 aromatic rings. The number of carbonyl (C=O) groups excluding carboxylic acids is 1. The quantitative estimate of drug-likeness (QED) is 0.378. The number of carbonyl (C=O) groups is 1. The highest BCUT2D eigenvalue weighted by molar-refractivity contribution is 5.91. The van der Waals surface area contributed by atoms with Crippen LogP contribution in [0, 0.1) is 0 Å². The summed E-state index contributed by atoms with van der Waals surface area (Å²) in [6.07, 6.45) is -1.43. The minimum absolute atomic E-state index is 0.0429. The predicted molar refractivity (Wildman–Crippen MR) is 138 cm³/mol. The number of piperazine rings is 1. The molecule has 2 fully saturated rings. The maximum Gasteiger partial charge on any atom is 0.296 e. The Labute approximate surface area is 223 Å². The molecule has 0 bridgehead atoms. The van der Waals surface area contributed by atoms with Gasteiger partial charge in [-0.15, -0.1) is 0 Å². The highest BCUT2D eigenvalue weighted by atomic mass is 19.3. The molecule has 0 N–H and O–H groups in total. The van der Waals surface area contributed by atoms with E-state index in [0.29, 0.717) is 62.3 Å². The van der Waals surface area contributed by atoms with Crippen LogP contribution in [0.5, 0.6) is 0 Å². The molecule has 1 aromatic carbocycles. The molecule has 0 radical (unpaired) electrons. The van der Waals surface area contributed by atoms with E-state index in [1.807, 2.05) is 23.6 Å². The first-order valence-corrected chi connectivity index (χ1v) is 12.9. The smallest absolute Gasteiger partial charge is 0.296 e. The summed E-state index contributed by atoms with van der Waals surface area (Å²) in [6, 6.07) is 10.2. The average Bonchev–Trinajstić information content (AvgIpc) is 3.63. The molecule has 2 aliphatic rings. The van der Waals surface area contributed by atoms with Crippen molar-refractivity contribution in [3.8, 4) is 5.95 Å². The molecule has 2 atom stereocenters. The Kier molecular flexibility index (Phi) is 6.59. The average molecular weight is 539 g/mol. The number of hydrogen-bond acceptors (Lipinski definition) is 9. The number of benzene rings is 1. The zero-order valence-electron chi connectivity index (χ0n) is 21.6. The van der Waals surface area contributed by atoms with Gasteiger partial charge in [0.15, 0.2) is 11.6 Å². The number of nitrogens with zero attached hydrogens (tertiary/aromatic N) is 8. The second-order valence-corrected chi connectivity index (χ2v) is 9.60. The number of furan rings is 1. The molecule has 204 valence electrons. The van der Waals surface area contributed by atoms with Crippen molar-refractivity contribution in [2.75, 3.05) is 49.1 Å². The normalized spacial score (nSPS) is 20.3. The lowest BCUT2D eigenvalue weighted by molar-refractivity contribution is 0.0277. The number of halogens is 2. The molecule has 11 nitrogen and oxygen atoms in total. The van der Waals surface area contributed by atoms with Crippen molar-refractivity contribution in [2.24, 2.45) is 0 Å². The SMILES string of the molecule is C[C@@H]1[C@@H](C)OCCN1c1nc(N2CCN(C(=O)c3ccco3)CC2)nc(-n2c(C(F)F)nc3ccccc32)n1. The maximum atomic E-state index is 14.2. The highest BCUT2D eigenvalue weighted by Crippen LogP contribution is 2.29. The van der Waals surface area contributed by atoms with Crippen molar-refractivity contribution in [1.29, 1.82) is 0 Å². The first-order chi connectivity index (χ1) is 18.9. The van der Waals surface area contributed by atoms with E-state index in [-0.39, 0.29) is 29.8 Å². The summed E-state index contributed by atoms with van der Waals surface area (Å²) < 4.78 is 40.7. The molecular formula is C26H28F2N8O3. The lowest BCUT2D eigenvalue weighted by atomic mass is 10.1. The van der Waals surface area contributed by atoms with Crippen LogP contribution < -0.4 is 9.80 Å². The predicted octanol–water partition coefficient (Wildman–Crippen LogP) is 3.32. The minimum atomic E-state index is -2.83. The van der Waals surface area contributed by atoms with Crippen molar-refractivity contribution in [3.63, 3.8) is 0 Å². The number of alkyl halides is 2. The number of para-hydroxylation sites is 2. The Morgan fingerprint density at radius 1 is 0.923 bits per heavy atom. The molecule has 0 saturated carbocycles.